The molecule has 1 saturated carbocycles. The van der Waals surface area contributed by atoms with Crippen LogP contribution in [0.3, 0.4) is 0 Å². The summed E-state index contributed by atoms with van der Waals surface area (Å²) in [6.07, 6.45) is 8.41. The van der Waals surface area contributed by atoms with Crippen LogP contribution in [0.2, 0.25) is 0 Å². The maximum absolute atomic E-state index is 6.19. The zero-order valence-electron chi connectivity index (χ0n) is 18.2. The first kappa shape index (κ1) is 20.4. The van der Waals surface area contributed by atoms with E-state index < -0.39 is 0 Å². The number of likely N-dealkylation sites (N-methyl/N-ethyl adjacent to an activating group) is 1. The number of ether oxygens (including phenoxy) is 1. The van der Waals surface area contributed by atoms with Gasteiger partial charge in [0.2, 0.25) is 5.95 Å². The Kier molecular flexibility index (Phi) is 5.60. The number of nitrogens with one attached hydrogen (secondary N) is 1. The maximum Gasteiger partial charge on any atom is 0.223 e. The number of hydrogen-bond donors (Lipinski definition) is 1. The van der Waals surface area contributed by atoms with E-state index in [1.807, 2.05) is 18.1 Å². The van der Waals surface area contributed by atoms with Crippen LogP contribution in [0, 0.1) is 6.92 Å². The molecule has 8 heteroatoms. The van der Waals surface area contributed by atoms with E-state index in [0.717, 1.165) is 86.7 Å². The summed E-state index contributed by atoms with van der Waals surface area (Å²) in [5.74, 6) is 1.14. The molecule has 1 N–H and O–H groups in total. The van der Waals surface area contributed by atoms with Gasteiger partial charge < -0.3 is 15.0 Å². The molecular formula is C22H32N6OS. The molecule has 0 aromatic carbocycles. The minimum absolute atomic E-state index is 0.00872. The van der Waals surface area contributed by atoms with Gasteiger partial charge in [0.1, 0.15) is 0 Å². The number of hydrogen-bond acceptors (Lipinski definition) is 8. The molecule has 2 aliphatic heterocycles. The van der Waals surface area contributed by atoms with Crippen molar-refractivity contribution in [3.8, 4) is 0 Å². The van der Waals surface area contributed by atoms with Gasteiger partial charge in [-0.15, -0.1) is 0 Å². The highest BCUT2D eigenvalue weighted by Gasteiger charge is 2.49. The van der Waals surface area contributed by atoms with Gasteiger partial charge in [-0.3, -0.25) is 9.29 Å². The van der Waals surface area contributed by atoms with Crippen LogP contribution < -0.4 is 5.32 Å². The third kappa shape index (κ3) is 4.02. The third-order valence-electron chi connectivity index (χ3n) is 6.83. The van der Waals surface area contributed by atoms with Gasteiger partial charge in [0.05, 0.1) is 23.4 Å². The van der Waals surface area contributed by atoms with Crippen LogP contribution in [0.15, 0.2) is 12.3 Å². The Labute approximate surface area is 183 Å². The molecule has 0 radical (unpaired) electrons. The average molecular weight is 429 g/mol. The van der Waals surface area contributed by atoms with E-state index in [-0.39, 0.29) is 5.60 Å². The van der Waals surface area contributed by atoms with Gasteiger partial charge in [0, 0.05) is 55.4 Å². The lowest BCUT2D eigenvalue weighted by Crippen LogP contribution is -2.57. The van der Waals surface area contributed by atoms with Crippen LogP contribution in [-0.4, -0.2) is 81.9 Å². The Morgan fingerprint density at radius 1 is 1.20 bits per heavy atom. The summed E-state index contributed by atoms with van der Waals surface area (Å²) in [4.78, 5) is 16.9. The number of fused-ring (bicyclic) bond motifs is 1. The van der Waals surface area contributed by atoms with Crippen LogP contribution in [0.4, 0.5) is 5.95 Å². The van der Waals surface area contributed by atoms with Crippen molar-refractivity contribution in [2.45, 2.75) is 50.2 Å². The summed E-state index contributed by atoms with van der Waals surface area (Å²) < 4.78 is 8.61. The minimum atomic E-state index is 0.00872. The molecule has 1 spiro atoms. The molecular weight excluding hydrogens is 396 g/mol. The standard InChI is InChI=1S/C22H32N6OS/c1-15-10-16-13-23-21(25-18-4-6-28(30-3)7-5-18)26-19(16)20(24-15)17-11-22(12-17)14-27(2)8-9-29-22/h10,13,17-18H,4-9,11-12,14H2,1-3H3,(H,23,25,26). The van der Waals surface area contributed by atoms with Gasteiger partial charge in [-0.25, -0.2) is 9.97 Å². The Balaban J connectivity index is 1.35. The van der Waals surface area contributed by atoms with Crippen LogP contribution in [0.1, 0.15) is 43.0 Å². The van der Waals surface area contributed by atoms with E-state index in [9.17, 15) is 0 Å². The zero-order valence-corrected chi connectivity index (χ0v) is 19.0. The Bertz CT molecular complexity index is 910. The molecule has 0 unspecified atom stereocenters. The van der Waals surface area contributed by atoms with Crippen LogP contribution in [0.5, 0.6) is 0 Å². The van der Waals surface area contributed by atoms with Gasteiger partial charge in [-0.2, -0.15) is 0 Å². The van der Waals surface area contributed by atoms with Crippen molar-refractivity contribution in [1.29, 1.82) is 0 Å². The lowest BCUT2D eigenvalue weighted by Gasteiger charge is -2.51. The second-order valence-electron chi connectivity index (χ2n) is 9.18. The number of nitrogens with zero attached hydrogens (tertiary/aromatic N) is 5. The number of aromatic nitrogens is 3. The first-order chi connectivity index (χ1) is 14.5. The van der Waals surface area contributed by atoms with Crippen molar-refractivity contribution in [3.63, 3.8) is 0 Å². The molecule has 4 heterocycles. The molecule has 162 valence electrons. The smallest absolute Gasteiger partial charge is 0.223 e. The maximum atomic E-state index is 6.19. The van der Waals surface area contributed by atoms with E-state index in [1.54, 1.807) is 0 Å². The molecule has 3 fully saturated rings. The number of morpholine rings is 1. The lowest BCUT2D eigenvalue weighted by molar-refractivity contribution is -0.155. The Hall–Kier alpha value is -1.48. The SMILES string of the molecule is CSN1CCC(Nc2ncc3cc(C)nc(C4CC5(C4)CN(C)CCO5)c3n2)CC1. The third-order valence-corrected chi connectivity index (χ3v) is 7.71. The molecule has 2 aromatic heterocycles. The molecule has 3 aliphatic rings. The first-order valence-corrected chi connectivity index (χ1v) is 12.2. The van der Waals surface area contributed by atoms with Crippen molar-refractivity contribution in [2.24, 2.45) is 0 Å². The largest absolute Gasteiger partial charge is 0.372 e. The van der Waals surface area contributed by atoms with Crippen molar-refractivity contribution in [1.82, 2.24) is 24.2 Å². The fraction of sp³-hybridized carbons (Fsp3) is 0.682. The van der Waals surface area contributed by atoms with Crippen molar-refractivity contribution >= 4 is 28.8 Å². The summed E-state index contributed by atoms with van der Waals surface area (Å²) in [5, 5.41) is 4.67. The van der Waals surface area contributed by atoms with E-state index in [0.29, 0.717) is 12.0 Å². The number of rotatable bonds is 4. The van der Waals surface area contributed by atoms with Crippen LogP contribution in [-0.2, 0) is 4.74 Å². The highest BCUT2D eigenvalue weighted by molar-refractivity contribution is 7.96. The fourth-order valence-corrected chi connectivity index (χ4v) is 5.81. The van der Waals surface area contributed by atoms with Gasteiger partial charge in [-0.1, -0.05) is 11.9 Å². The lowest BCUT2D eigenvalue weighted by atomic mass is 9.68. The molecule has 30 heavy (non-hydrogen) atoms. The van der Waals surface area contributed by atoms with Crippen LogP contribution >= 0.6 is 11.9 Å². The number of pyridine rings is 1. The second-order valence-corrected chi connectivity index (χ2v) is 10.1. The molecule has 2 aromatic rings. The van der Waals surface area contributed by atoms with Gasteiger partial charge in [-0.05, 0) is 52.0 Å². The summed E-state index contributed by atoms with van der Waals surface area (Å²) in [6, 6.07) is 2.53. The highest BCUT2D eigenvalue weighted by atomic mass is 32.2. The quantitative estimate of drug-likeness (QED) is 0.746. The number of piperidine rings is 1. The molecule has 0 amide bonds. The summed E-state index contributed by atoms with van der Waals surface area (Å²) in [7, 11) is 2.19. The number of anilines is 1. The normalized spacial score (nSPS) is 28.7. The van der Waals surface area contributed by atoms with Gasteiger partial charge in [0.15, 0.2) is 0 Å². The predicted octanol–water partition coefficient (Wildman–Crippen LogP) is 3.07. The summed E-state index contributed by atoms with van der Waals surface area (Å²) in [5.41, 5.74) is 3.17. The van der Waals surface area contributed by atoms with E-state index in [4.69, 9.17) is 14.7 Å². The van der Waals surface area contributed by atoms with Crippen LogP contribution in [0.25, 0.3) is 10.9 Å². The fourth-order valence-electron chi connectivity index (χ4n) is 5.23. The van der Waals surface area contributed by atoms with Crippen molar-refractivity contribution in [2.75, 3.05) is 51.4 Å². The van der Waals surface area contributed by atoms with Crippen molar-refractivity contribution < 1.29 is 4.74 Å². The van der Waals surface area contributed by atoms with Crippen molar-refractivity contribution in [3.05, 3.63) is 23.7 Å². The molecule has 0 bridgehead atoms. The Morgan fingerprint density at radius 3 is 2.73 bits per heavy atom. The molecule has 7 nitrogen and oxygen atoms in total. The van der Waals surface area contributed by atoms with E-state index in [2.05, 4.69) is 45.8 Å². The molecule has 0 atom stereocenters. The monoisotopic (exact) mass is 428 g/mol. The van der Waals surface area contributed by atoms with E-state index in [1.165, 1.54) is 0 Å². The average Bonchev–Trinajstić information content (AvgIpc) is 2.72. The Morgan fingerprint density at radius 2 is 2.00 bits per heavy atom. The second kappa shape index (κ2) is 8.22. The molecule has 2 saturated heterocycles. The van der Waals surface area contributed by atoms with E-state index >= 15 is 0 Å². The minimum Gasteiger partial charge on any atom is -0.372 e. The first-order valence-electron chi connectivity index (χ1n) is 11.1. The highest BCUT2D eigenvalue weighted by Crippen LogP contribution is 2.49. The summed E-state index contributed by atoms with van der Waals surface area (Å²) in [6.45, 7) is 7.15. The number of aryl methyl sites for hydroxylation is 1. The van der Waals surface area contributed by atoms with Gasteiger partial charge >= 0.3 is 0 Å². The topological polar surface area (TPSA) is 66.4 Å². The summed E-state index contributed by atoms with van der Waals surface area (Å²) >= 11 is 1.83. The molecule has 5 rings (SSSR count). The molecule has 1 aliphatic carbocycles. The zero-order chi connectivity index (χ0) is 20.7. The van der Waals surface area contributed by atoms with Gasteiger partial charge in [0.25, 0.3) is 0 Å². The predicted molar refractivity (Wildman–Crippen MR) is 122 cm³/mol.